The maximum atomic E-state index is 12.5. The van der Waals surface area contributed by atoms with Crippen LogP contribution in [0.25, 0.3) is 11.0 Å². The summed E-state index contributed by atoms with van der Waals surface area (Å²) in [6.45, 7) is 1.73. The number of sulfonamides is 1. The maximum absolute atomic E-state index is 12.5. The van der Waals surface area contributed by atoms with Gasteiger partial charge in [-0.3, -0.25) is 9.52 Å². The van der Waals surface area contributed by atoms with Crippen molar-refractivity contribution in [3.63, 3.8) is 0 Å². The zero-order valence-corrected chi connectivity index (χ0v) is 16.1. The smallest absolute Gasteiger partial charge is 0.364 e. The van der Waals surface area contributed by atoms with Crippen molar-refractivity contribution in [2.75, 3.05) is 15.8 Å². The number of carbonyl (C=O) groups excluding carboxylic acids is 1. The molecule has 0 aliphatic heterocycles. The molecule has 10 heteroatoms. The van der Waals surface area contributed by atoms with Crippen molar-refractivity contribution in [1.29, 1.82) is 0 Å². The summed E-state index contributed by atoms with van der Waals surface area (Å²) in [5.41, 5.74) is -1.26. The number of nitrogens with one attached hydrogen (secondary N) is 2. The highest BCUT2D eigenvalue weighted by Crippen LogP contribution is 2.31. The van der Waals surface area contributed by atoms with Gasteiger partial charge in [0.15, 0.2) is 11.4 Å². The highest BCUT2D eigenvalue weighted by Gasteiger charge is 2.18. The number of fused-ring (bicyclic) bond motifs is 1. The van der Waals surface area contributed by atoms with E-state index in [2.05, 4.69) is 10.0 Å². The molecule has 0 bridgehead atoms. The van der Waals surface area contributed by atoms with Gasteiger partial charge in [-0.25, -0.2) is 13.2 Å². The highest BCUT2D eigenvalue weighted by molar-refractivity contribution is 7.92. The number of benzene rings is 2. The van der Waals surface area contributed by atoms with Gasteiger partial charge in [0.05, 0.1) is 11.1 Å². The van der Waals surface area contributed by atoms with Crippen LogP contribution in [0.4, 0.5) is 11.4 Å². The minimum Gasteiger partial charge on any atom is -0.508 e. The first kappa shape index (κ1) is 20.2. The van der Waals surface area contributed by atoms with Crippen LogP contribution < -0.4 is 15.7 Å². The van der Waals surface area contributed by atoms with Crippen molar-refractivity contribution < 1.29 is 27.8 Å². The molecule has 0 aliphatic carbocycles. The van der Waals surface area contributed by atoms with E-state index in [1.54, 1.807) is 6.92 Å². The lowest BCUT2D eigenvalue weighted by atomic mass is 10.1. The van der Waals surface area contributed by atoms with Crippen LogP contribution in [0, 0.1) is 0 Å². The molecule has 0 radical (unpaired) electrons. The van der Waals surface area contributed by atoms with Gasteiger partial charge in [0.2, 0.25) is 10.0 Å². The molecule has 152 valence electrons. The minimum atomic E-state index is -3.53. The van der Waals surface area contributed by atoms with Gasteiger partial charge in [0.25, 0.3) is 5.91 Å². The molecule has 29 heavy (non-hydrogen) atoms. The second-order valence-electron chi connectivity index (χ2n) is 6.25. The van der Waals surface area contributed by atoms with Gasteiger partial charge in [-0.05, 0) is 36.8 Å². The van der Waals surface area contributed by atoms with Crippen molar-refractivity contribution in [3.05, 3.63) is 58.4 Å². The Labute approximate surface area is 165 Å². The second kappa shape index (κ2) is 7.84. The van der Waals surface area contributed by atoms with Crippen molar-refractivity contribution >= 4 is 38.3 Å². The summed E-state index contributed by atoms with van der Waals surface area (Å²) in [5, 5.41) is 22.2. The quantitative estimate of drug-likeness (QED) is 0.450. The molecule has 1 amide bonds. The molecule has 0 unspecified atom stereocenters. The summed E-state index contributed by atoms with van der Waals surface area (Å²) >= 11 is 0. The number of amides is 1. The molecule has 1 heterocycles. The monoisotopic (exact) mass is 418 g/mol. The second-order valence-corrected chi connectivity index (χ2v) is 8.09. The molecule has 3 aromatic rings. The van der Waals surface area contributed by atoms with Gasteiger partial charge >= 0.3 is 5.63 Å². The standard InChI is InChI=1S/C19H18N2O7S/c1-2-8-29(26,27)21-12-5-3-4-11(9-12)18(24)20-16-17(23)14-7-6-13(22)10-15(14)28-19(16)25/h3-7,9-10,21-23H,2,8H2,1H3,(H,20,24). The summed E-state index contributed by atoms with van der Waals surface area (Å²) in [6.07, 6.45) is 0.435. The average molecular weight is 418 g/mol. The summed E-state index contributed by atoms with van der Waals surface area (Å²) in [6, 6.07) is 9.47. The van der Waals surface area contributed by atoms with Crippen LogP contribution in [0.5, 0.6) is 11.5 Å². The fourth-order valence-corrected chi connectivity index (χ4v) is 3.82. The summed E-state index contributed by atoms with van der Waals surface area (Å²) < 4.78 is 31.2. The van der Waals surface area contributed by atoms with Gasteiger partial charge in [-0.15, -0.1) is 0 Å². The van der Waals surface area contributed by atoms with Crippen LogP contribution in [0.1, 0.15) is 23.7 Å². The molecule has 0 spiro atoms. The predicted octanol–water partition coefficient (Wildman–Crippen LogP) is 2.61. The van der Waals surface area contributed by atoms with Gasteiger partial charge in [0, 0.05) is 17.3 Å². The number of carbonyl (C=O) groups is 1. The Kier molecular flexibility index (Phi) is 5.46. The van der Waals surface area contributed by atoms with Gasteiger partial charge in [-0.2, -0.15) is 0 Å². The molecule has 1 aromatic heterocycles. The van der Waals surface area contributed by atoms with Gasteiger partial charge < -0.3 is 19.9 Å². The van der Waals surface area contributed by atoms with Crippen molar-refractivity contribution in [2.24, 2.45) is 0 Å². The number of anilines is 2. The van der Waals surface area contributed by atoms with Crippen molar-refractivity contribution in [3.8, 4) is 11.5 Å². The first-order chi connectivity index (χ1) is 13.7. The summed E-state index contributed by atoms with van der Waals surface area (Å²) in [7, 11) is -3.53. The molecule has 0 fully saturated rings. The van der Waals surface area contributed by atoms with E-state index < -0.39 is 33.0 Å². The zero-order valence-electron chi connectivity index (χ0n) is 15.3. The van der Waals surface area contributed by atoms with Crippen LogP contribution in [0.2, 0.25) is 0 Å². The fraction of sp³-hybridized carbons (Fsp3) is 0.158. The van der Waals surface area contributed by atoms with Gasteiger partial charge in [-0.1, -0.05) is 13.0 Å². The first-order valence-corrected chi connectivity index (χ1v) is 10.3. The number of aromatic hydroxyl groups is 2. The number of hydrogen-bond acceptors (Lipinski definition) is 7. The third-order valence-electron chi connectivity index (χ3n) is 3.97. The lowest BCUT2D eigenvalue weighted by Crippen LogP contribution is -2.19. The van der Waals surface area contributed by atoms with E-state index in [1.807, 2.05) is 0 Å². The first-order valence-electron chi connectivity index (χ1n) is 8.61. The molecule has 3 rings (SSSR count). The molecular formula is C19H18N2O7S. The molecule has 9 nitrogen and oxygen atoms in total. The minimum absolute atomic E-state index is 0.0437. The predicted molar refractivity (Wildman–Crippen MR) is 108 cm³/mol. The Hall–Kier alpha value is -3.53. The molecule has 0 saturated heterocycles. The van der Waals surface area contributed by atoms with E-state index in [1.165, 1.54) is 36.4 Å². The normalized spacial score (nSPS) is 11.3. The third kappa shape index (κ3) is 4.49. The van der Waals surface area contributed by atoms with Crippen LogP contribution in [-0.4, -0.2) is 30.3 Å². The SMILES string of the molecule is CCCS(=O)(=O)Nc1cccc(C(=O)Nc2c(O)c3ccc(O)cc3oc2=O)c1. The number of phenols is 1. The lowest BCUT2D eigenvalue weighted by molar-refractivity contribution is 0.102. The van der Waals surface area contributed by atoms with Crippen molar-refractivity contribution in [2.45, 2.75) is 13.3 Å². The molecule has 4 N–H and O–H groups in total. The Morgan fingerprint density at radius 3 is 2.62 bits per heavy atom. The number of phenolic OH excluding ortho intramolecular Hbond substituents is 1. The fourth-order valence-electron chi connectivity index (χ4n) is 2.69. The number of rotatable bonds is 6. The van der Waals surface area contributed by atoms with E-state index >= 15 is 0 Å². The Bertz CT molecular complexity index is 1250. The number of hydrogen-bond donors (Lipinski definition) is 4. The van der Waals surface area contributed by atoms with E-state index in [0.717, 1.165) is 6.07 Å². The van der Waals surface area contributed by atoms with E-state index in [0.29, 0.717) is 6.42 Å². The Balaban J connectivity index is 1.90. The van der Waals surface area contributed by atoms with Crippen LogP contribution in [0.15, 0.2) is 51.7 Å². The molecule has 2 aromatic carbocycles. The summed E-state index contributed by atoms with van der Waals surface area (Å²) in [5.74, 6) is -1.48. The largest absolute Gasteiger partial charge is 0.508 e. The van der Waals surface area contributed by atoms with Crippen LogP contribution in [-0.2, 0) is 10.0 Å². The Morgan fingerprint density at radius 2 is 1.90 bits per heavy atom. The Morgan fingerprint density at radius 1 is 1.14 bits per heavy atom. The molecule has 0 aliphatic rings. The zero-order chi connectivity index (χ0) is 21.2. The molecule has 0 atom stereocenters. The lowest BCUT2D eigenvalue weighted by Gasteiger charge is -2.10. The summed E-state index contributed by atoms with van der Waals surface area (Å²) in [4.78, 5) is 24.7. The van der Waals surface area contributed by atoms with Crippen LogP contribution >= 0.6 is 0 Å². The van der Waals surface area contributed by atoms with Crippen molar-refractivity contribution in [1.82, 2.24) is 0 Å². The van der Waals surface area contributed by atoms with E-state index in [9.17, 15) is 28.2 Å². The van der Waals surface area contributed by atoms with Crippen LogP contribution in [0.3, 0.4) is 0 Å². The third-order valence-corrected chi connectivity index (χ3v) is 5.47. The topological polar surface area (TPSA) is 146 Å². The van der Waals surface area contributed by atoms with E-state index in [4.69, 9.17) is 4.42 Å². The van der Waals surface area contributed by atoms with Gasteiger partial charge in [0.1, 0.15) is 11.3 Å². The van der Waals surface area contributed by atoms with E-state index in [-0.39, 0.29) is 33.7 Å². The highest BCUT2D eigenvalue weighted by atomic mass is 32.2. The molecule has 0 saturated carbocycles. The molecular weight excluding hydrogens is 400 g/mol. The maximum Gasteiger partial charge on any atom is 0.364 e. The average Bonchev–Trinajstić information content (AvgIpc) is 2.64.